The lowest BCUT2D eigenvalue weighted by atomic mass is 10.0. The smallest absolute Gasteiger partial charge is 0.225 e. The zero-order chi connectivity index (χ0) is 10.1. The molecule has 2 rings (SSSR count). The summed E-state index contributed by atoms with van der Waals surface area (Å²) in [7, 11) is 1.81. The van der Waals surface area contributed by atoms with E-state index < -0.39 is 0 Å². The van der Waals surface area contributed by atoms with Gasteiger partial charge in [-0.05, 0) is 31.1 Å². The van der Waals surface area contributed by atoms with E-state index in [2.05, 4.69) is 6.07 Å². The molecule has 2 unspecified atom stereocenters. The minimum atomic E-state index is 0.257. The first-order valence-corrected chi connectivity index (χ1v) is 5.34. The van der Waals surface area contributed by atoms with Crippen molar-refractivity contribution in [1.29, 1.82) is 5.26 Å². The summed E-state index contributed by atoms with van der Waals surface area (Å²) in [4.78, 5) is 13.6. The molecule has 3 nitrogen and oxygen atoms in total. The molecule has 3 heteroatoms. The molecule has 2 aliphatic rings. The van der Waals surface area contributed by atoms with E-state index in [4.69, 9.17) is 5.26 Å². The van der Waals surface area contributed by atoms with E-state index in [1.807, 2.05) is 7.05 Å². The van der Waals surface area contributed by atoms with Gasteiger partial charge in [-0.25, -0.2) is 0 Å². The Morgan fingerprint density at radius 3 is 2.64 bits per heavy atom. The number of hydrogen-bond donors (Lipinski definition) is 0. The van der Waals surface area contributed by atoms with Gasteiger partial charge in [0, 0.05) is 19.5 Å². The fourth-order valence-corrected chi connectivity index (χ4v) is 2.56. The van der Waals surface area contributed by atoms with Crippen molar-refractivity contribution in [2.75, 3.05) is 13.6 Å². The van der Waals surface area contributed by atoms with Crippen LogP contribution in [0.1, 0.15) is 25.7 Å². The quantitative estimate of drug-likeness (QED) is 0.678. The Morgan fingerprint density at radius 1 is 1.43 bits per heavy atom. The first-order chi connectivity index (χ1) is 6.72. The molecule has 2 saturated carbocycles. The Balaban J connectivity index is 1.80. The monoisotopic (exact) mass is 192 g/mol. The molecule has 1 amide bonds. The zero-order valence-electron chi connectivity index (χ0n) is 8.57. The number of rotatable bonds is 3. The summed E-state index contributed by atoms with van der Waals surface area (Å²) in [6.07, 6.45) is 3.99. The van der Waals surface area contributed by atoms with Crippen molar-refractivity contribution in [3.05, 3.63) is 0 Å². The van der Waals surface area contributed by atoms with Crippen molar-refractivity contribution in [2.45, 2.75) is 25.7 Å². The molecule has 14 heavy (non-hydrogen) atoms. The molecular weight excluding hydrogens is 176 g/mol. The second kappa shape index (κ2) is 3.61. The molecule has 2 atom stereocenters. The number of nitrogens with zero attached hydrogens (tertiary/aromatic N) is 2. The van der Waals surface area contributed by atoms with Crippen LogP contribution >= 0.6 is 0 Å². The topological polar surface area (TPSA) is 44.1 Å². The summed E-state index contributed by atoms with van der Waals surface area (Å²) < 4.78 is 0. The van der Waals surface area contributed by atoms with Crippen molar-refractivity contribution in [1.82, 2.24) is 4.90 Å². The molecule has 0 aliphatic heterocycles. The average Bonchev–Trinajstić information content (AvgIpc) is 2.81. The van der Waals surface area contributed by atoms with Gasteiger partial charge in [-0.2, -0.15) is 5.26 Å². The van der Waals surface area contributed by atoms with Gasteiger partial charge in [0.2, 0.25) is 5.91 Å². The van der Waals surface area contributed by atoms with E-state index in [0.717, 1.165) is 24.7 Å². The lowest BCUT2D eigenvalue weighted by molar-refractivity contribution is -0.134. The fourth-order valence-electron chi connectivity index (χ4n) is 2.56. The molecule has 2 fully saturated rings. The van der Waals surface area contributed by atoms with Crippen LogP contribution in [-0.2, 0) is 4.79 Å². The van der Waals surface area contributed by atoms with E-state index in [1.54, 1.807) is 4.90 Å². The molecule has 0 aromatic heterocycles. The molecule has 0 radical (unpaired) electrons. The van der Waals surface area contributed by atoms with Crippen molar-refractivity contribution in [3.63, 3.8) is 0 Å². The molecule has 76 valence electrons. The van der Waals surface area contributed by atoms with Crippen LogP contribution in [0.3, 0.4) is 0 Å². The van der Waals surface area contributed by atoms with Crippen LogP contribution in [0, 0.1) is 29.1 Å². The Hall–Kier alpha value is -1.04. The van der Waals surface area contributed by atoms with Crippen LogP contribution in [0.2, 0.25) is 0 Å². The van der Waals surface area contributed by atoms with Crippen molar-refractivity contribution in [3.8, 4) is 6.07 Å². The van der Waals surface area contributed by atoms with E-state index in [0.29, 0.717) is 13.0 Å². The highest BCUT2D eigenvalue weighted by Gasteiger charge is 2.48. The van der Waals surface area contributed by atoms with Crippen molar-refractivity contribution >= 4 is 5.91 Å². The van der Waals surface area contributed by atoms with Crippen LogP contribution in [0.5, 0.6) is 0 Å². The summed E-state index contributed by atoms with van der Waals surface area (Å²) in [6.45, 7) is 0.584. The fraction of sp³-hybridized carbons (Fsp3) is 0.818. The highest BCUT2D eigenvalue weighted by molar-refractivity contribution is 5.79. The first kappa shape index (κ1) is 9.51. The highest BCUT2D eigenvalue weighted by atomic mass is 16.2. The van der Waals surface area contributed by atoms with Gasteiger partial charge in [0.1, 0.15) is 0 Å². The van der Waals surface area contributed by atoms with Gasteiger partial charge in [0.25, 0.3) is 0 Å². The molecule has 0 heterocycles. The Bertz CT molecular complexity index is 272. The molecule has 2 aliphatic carbocycles. The third kappa shape index (κ3) is 1.75. The van der Waals surface area contributed by atoms with E-state index in [9.17, 15) is 4.79 Å². The van der Waals surface area contributed by atoms with Gasteiger partial charge in [-0.15, -0.1) is 0 Å². The van der Waals surface area contributed by atoms with E-state index in [-0.39, 0.29) is 11.8 Å². The Kier molecular flexibility index (Phi) is 2.45. The van der Waals surface area contributed by atoms with Gasteiger partial charge >= 0.3 is 0 Å². The molecule has 0 N–H and O–H groups in total. The predicted octanol–water partition coefficient (Wildman–Crippen LogP) is 1.40. The van der Waals surface area contributed by atoms with Crippen LogP contribution < -0.4 is 0 Å². The minimum absolute atomic E-state index is 0.257. The molecule has 0 saturated heterocycles. The lowest BCUT2D eigenvalue weighted by Gasteiger charge is -2.20. The van der Waals surface area contributed by atoms with Crippen LogP contribution in [-0.4, -0.2) is 24.4 Å². The number of carbonyl (C=O) groups is 1. The maximum absolute atomic E-state index is 11.8. The molecular formula is C11H16N2O. The highest BCUT2D eigenvalue weighted by Crippen LogP contribution is 2.54. The summed E-state index contributed by atoms with van der Waals surface area (Å²) in [5, 5.41) is 8.42. The summed E-state index contributed by atoms with van der Waals surface area (Å²) >= 11 is 0. The number of fused-ring (bicyclic) bond motifs is 1. The van der Waals surface area contributed by atoms with Crippen molar-refractivity contribution < 1.29 is 4.79 Å². The van der Waals surface area contributed by atoms with E-state index >= 15 is 0 Å². The van der Waals surface area contributed by atoms with Gasteiger partial charge < -0.3 is 4.90 Å². The van der Waals surface area contributed by atoms with Gasteiger partial charge in [-0.3, -0.25) is 4.79 Å². The Morgan fingerprint density at radius 2 is 2.07 bits per heavy atom. The molecule has 0 aromatic rings. The first-order valence-electron chi connectivity index (χ1n) is 5.34. The van der Waals surface area contributed by atoms with E-state index in [1.165, 1.54) is 6.42 Å². The standard InChI is InChI=1S/C11H16N2O/c1-13(4-2-3-12)11(14)10-6-8-5-9(8)7-10/h8-10H,2,4-7H2,1H3. The van der Waals surface area contributed by atoms with Gasteiger partial charge in [-0.1, -0.05) is 0 Å². The SMILES string of the molecule is CN(CCC#N)C(=O)C1CC2CC2C1. The van der Waals surface area contributed by atoms with Gasteiger partial charge in [0.05, 0.1) is 12.5 Å². The lowest BCUT2D eigenvalue weighted by Crippen LogP contribution is -2.33. The maximum atomic E-state index is 11.8. The van der Waals surface area contributed by atoms with Crippen molar-refractivity contribution in [2.24, 2.45) is 17.8 Å². The summed E-state index contributed by atoms with van der Waals surface area (Å²) in [5.41, 5.74) is 0. The third-order valence-corrected chi connectivity index (χ3v) is 3.53. The number of hydrogen-bond acceptors (Lipinski definition) is 2. The van der Waals surface area contributed by atoms with Crippen LogP contribution in [0.15, 0.2) is 0 Å². The number of amides is 1. The van der Waals surface area contributed by atoms with Crippen LogP contribution in [0.4, 0.5) is 0 Å². The van der Waals surface area contributed by atoms with Gasteiger partial charge in [0.15, 0.2) is 0 Å². The number of carbonyl (C=O) groups excluding carboxylic acids is 1. The second-order valence-corrected chi connectivity index (χ2v) is 4.59. The average molecular weight is 192 g/mol. The molecule has 0 bridgehead atoms. The Labute approximate surface area is 84.7 Å². The van der Waals surface area contributed by atoms with Crippen LogP contribution in [0.25, 0.3) is 0 Å². The largest absolute Gasteiger partial charge is 0.344 e. The maximum Gasteiger partial charge on any atom is 0.225 e. The number of nitriles is 1. The zero-order valence-corrected chi connectivity index (χ0v) is 8.57. The predicted molar refractivity (Wildman–Crippen MR) is 52.2 cm³/mol. The summed E-state index contributed by atoms with van der Waals surface area (Å²) in [6, 6.07) is 2.07. The second-order valence-electron chi connectivity index (χ2n) is 4.59. The third-order valence-electron chi connectivity index (χ3n) is 3.53. The molecule has 0 aromatic carbocycles. The minimum Gasteiger partial charge on any atom is -0.344 e. The summed E-state index contributed by atoms with van der Waals surface area (Å²) in [5.74, 6) is 2.23. The normalized spacial score (nSPS) is 33.3. The molecule has 0 spiro atoms.